The van der Waals surface area contributed by atoms with E-state index in [-0.39, 0.29) is 18.0 Å². The molecule has 2 aliphatic rings. The summed E-state index contributed by atoms with van der Waals surface area (Å²) >= 11 is 0. The van der Waals surface area contributed by atoms with Crippen molar-refractivity contribution in [1.82, 2.24) is 0 Å². The molecule has 0 unspecified atom stereocenters. The van der Waals surface area contributed by atoms with Crippen molar-refractivity contribution in [2.75, 3.05) is 0 Å². The fourth-order valence-corrected chi connectivity index (χ4v) is 2.48. The van der Waals surface area contributed by atoms with E-state index in [9.17, 15) is 9.59 Å². The highest BCUT2D eigenvalue weighted by Crippen LogP contribution is 2.34. The van der Waals surface area contributed by atoms with Crippen molar-refractivity contribution in [1.29, 1.82) is 0 Å². The minimum atomic E-state index is -0.319. The molecule has 0 aromatic carbocycles. The maximum absolute atomic E-state index is 11.6. The van der Waals surface area contributed by atoms with E-state index in [0.29, 0.717) is 12.0 Å². The number of fused-ring (bicyclic) bond motifs is 1. The van der Waals surface area contributed by atoms with Crippen LogP contribution >= 0.6 is 0 Å². The molecule has 1 aliphatic carbocycles. The van der Waals surface area contributed by atoms with Gasteiger partial charge in [0.1, 0.15) is 12.4 Å². The lowest BCUT2D eigenvalue weighted by Gasteiger charge is -2.17. The van der Waals surface area contributed by atoms with Crippen molar-refractivity contribution in [2.24, 2.45) is 5.92 Å². The number of ether oxygens (including phenoxy) is 1. The number of carbonyl (C=O) groups is 2. The Kier molecular flexibility index (Phi) is 3.80. The van der Waals surface area contributed by atoms with Gasteiger partial charge in [0, 0.05) is 17.9 Å². The van der Waals surface area contributed by atoms with Crippen LogP contribution in [0.5, 0.6) is 0 Å². The lowest BCUT2D eigenvalue weighted by atomic mass is 9.88. The fourth-order valence-electron chi connectivity index (χ4n) is 2.48. The van der Waals surface area contributed by atoms with Gasteiger partial charge in [-0.2, -0.15) is 0 Å². The Morgan fingerprint density at radius 3 is 2.94 bits per heavy atom. The van der Waals surface area contributed by atoms with Crippen molar-refractivity contribution >= 4 is 12.3 Å². The molecular formula is C15H18O3. The zero-order valence-corrected chi connectivity index (χ0v) is 10.6. The monoisotopic (exact) mass is 246 g/mol. The first-order chi connectivity index (χ1) is 8.61. The highest BCUT2D eigenvalue weighted by Gasteiger charge is 2.38. The molecular weight excluding hydrogens is 228 g/mol. The molecule has 0 radical (unpaired) electrons. The zero-order valence-electron chi connectivity index (χ0n) is 10.6. The van der Waals surface area contributed by atoms with E-state index < -0.39 is 0 Å². The second-order valence-electron chi connectivity index (χ2n) is 5.00. The summed E-state index contributed by atoms with van der Waals surface area (Å²) in [6.45, 7) is 5.89. The molecule has 3 heteroatoms. The normalized spacial score (nSPS) is 34.7. The molecule has 96 valence electrons. The molecule has 1 aliphatic heterocycles. The van der Waals surface area contributed by atoms with Crippen LogP contribution in [0.15, 0.2) is 35.5 Å². The maximum atomic E-state index is 11.6. The van der Waals surface area contributed by atoms with E-state index >= 15 is 0 Å². The van der Waals surface area contributed by atoms with Gasteiger partial charge in [0.05, 0.1) is 0 Å². The van der Waals surface area contributed by atoms with E-state index in [2.05, 4.69) is 19.6 Å². The summed E-state index contributed by atoms with van der Waals surface area (Å²) in [5.41, 5.74) is 2.54. The summed E-state index contributed by atoms with van der Waals surface area (Å²) in [6, 6.07) is 0. The van der Waals surface area contributed by atoms with Crippen LogP contribution in [-0.4, -0.2) is 18.4 Å². The molecule has 3 nitrogen and oxygen atoms in total. The second kappa shape index (κ2) is 5.34. The Hall–Kier alpha value is -1.64. The highest BCUT2D eigenvalue weighted by molar-refractivity contribution is 5.91. The minimum absolute atomic E-state index is 0.00824. The Morgan fingerprint density at radius 1 is 1.44 bits per heavy atom. The van der Waals surface area contributed by atoms with Gasteiger partial charge in [-0.1, -0.05) is 24.3 Å². The maximum Gasteiger partial charge on any atom is 0.334 e. The van der Waals surface area contributed by atoms with E-state index in [0.717, 1.165) is 31.1 Å². The lowest BCUT2D eigenvalue weighted by molar-refractivity contribution is -0.139. The Morgan fingerprint density at radius 2 is 2.22 bits per heavy atom. The molecule has 0 bridgehead atoms. The third-order valence-electron chi connectivity index (χ3n) is 3.67. The van der Waals surface area contributed by atoms with Crippen molar-refractivity contribution in [2.45, 2.75) is 38.7 Å². The molecule has 0 aromatic rings. The molecule has 1 saturated heterocycles. The van der Waals surface area contributed by atoms with Crippen LogP contribution in [-0.2, 0) is 14.3 Å². The Bertz CT molecular complexity index is 443. The van der Waals surface area contributed by atoms with Crippen molar-refractivity contribution in [3.8, 4) is 0 Å². The van der Waals surface area contributed by atoms with Crippen LogP contribution in [0.1, 0.15) is 32.6 Å². The first-order valence-electron chi connectivity index (χ1n) is 6.31. The average Bonchev–Trinajstić information content (AvgIpc) is 2.61. The summed E-state index contributed by atoms with van der Waals surface area (Å²) in [5.74, 6) is -0.311. The second-order valence-corrected chi connectivity index (χ2v) is 5.00. The van der Waals surface area contributed by atoms with Gasteiger partial charge in [-0.3, -0.25) is 4.79 Å². The quantitative estimate of drug-likeness (QED) is 0.309. The molecule has 0 spiro atoms. The summed E-state index contributed by atoms with van der Waals surface area (Å²) in [5, 5.41) is 0. The van der Waals surface area contributed by atoms with E-state index in [1.807, 2.05) is 6.08 Å². The van der Waals surface area contributed by atoms with Gasteiger partial charge in [0.25, 0.3) is 0 Å². The first-order valence-corrected chi connectivity index (χ1v) is 6.31. The fraction of sp³-hybridized carbons (Fsp3) is 0.467. The van der Waals surface area contributed by atoms with E-state index in [4.69, 9.17) is 4.74 Å². The average molecular weight is 246 g/mol. The van der Waals surface area contributed by atoms with Crippen molar-refractivity contribution in [3.05, 3.63) is 35.5 Å². The Balaban J connectivity index is 2.27. The molecule has 0 N–H and O–H groups in total. The molecule has 1 heterocycles. The molecule has 2 rings (SSSR count). The van der Waals surface area contributed by atoms with Gasteiger partial charge in [-0.25, -0.2) is 4.79 Å². The van der Waals surface area contributed by atoms with Gasteiger partial charge in [0.2, 0.25) is 0 Å². The number of hydrogen-bond acceptors (Lipinski definition) is 3. The molecule has 0 aromatic heterocycles. The number of carbonyl (C=O) groups excluding carboxylic acids is 2. The van der Waals surface area contributed by atoms with Gasteiger partial charge >= 0.3 is 5.97 Å². The summed E-state index contributed by atoms with van der Waals surface area (Å²) in [4.78, 5) is 22.6. The van der Waals surface area contributed by atoms with E-state index in [1.165, 1.54) is 5.57 Å². The smallest absolute Gasteiger partial charge is 0.334 e. The lowest BCUT2D eigenvalue weighted by Crippen LogP contribution is -2.18. The van der Waals surface area contributed by atoms with Crippen LogP contribution < -0.4 is 0 Å². The van der Waals surface area contributed by atoms with E-state index in [1.54, 1.807) is 0 Å². The predicted molar refractivity (Wildman–Crippen MR) is 68.9 cm³/mol. The molecule has 0 amide bonds. The zero-order chi connectivity index (χ0) is 13.1. The van der Waals surface area contributed by atoms with Crippen molar-refractivity contribution < 1.29 is 14.3 Å². The van der Waals surface area contributed by atoms with Gasteiger partial charge in [-0.15, -0.1) is 0 Å². The summed E-state index contributed by atoms with van der Waals surface area (Å²) < 4.78 is 5.31. The summed E-state index contributed by atoms with van der Waals surface area (Å²) in [6.07, 6.45) is 7.83. The van der Waals surface area contributed by atoms with Crippen molar-refractivity contribution in [3.63, 3.8) is 0 Å². The number of hydrogen-bond donors (Lipinski definition) is 0. The standard InChI is InChI=1S/C15H18O3/c1-10-4-3-5-12(9-16)8-14-13(7-6-10)11(2)15(17)18-14/h5-6,9,13-14H,2-4,7-8H2,1H3/b10-6+,12-5+/t13-,14+/m1/s1. The number of rotatable bonds is 1. The number of allylic oxidation sites excluding steroid dienone is 3. The third-order valence-corrected chi connectivity index (χ3v) is 3.67. The van der Waals surface area contributed by atoms with Gasteiger partial charge in [0.15, 0.2) is 0 Å². The van der Waals surface area contributed by atoms with Crippen LogP contribution in [0, 0.1) is 5.92 Å². The SMILES string of the molecule is C=C1C(=O)O[C@H]2C/C(C=O)=C\CC/C(C)=C/C[C@H]12. The molecule has 1 fully saturated rings. The van der Waals surface area contributed by atoms with Gasteiger partial charge < -0.3 is 4.74 Å². The van der Waals surface area contributed by atoms with Crippen LogP contribution in [0.2, 0.25) is 0 Å². The highest BCUT2D eigenvalue weighted by atomic mass is 16.6. The first kappa shape index (κ1) is 12.8. The topological polar surface area (TPSA) is 43.4 Å². The molecule has 18 heavy (non-hydrogen) atoms. The Labute approximate surface area is 107 Å². The largest absolute Gasteiger partial charge is 0.458 e. The molecule has 2 atom stereocenters. The summed E-state index contributed by atoms with van der Waals surface area (Å²) in [7, 11) is 0. The number of aldehydes is 1. The third kappa shape index (κ3) is 2.61. The molecule has 0 saturated carbocycles. The van der Waals surface area contributed by atoms with Crippen LogP contribution in [0.4, 0.5) is 0 Å². The number of esters is 1. The minimum Gasteiger partial charge on any atom is -0.458 e. The van der Waals surface area contributed by atoms with Gasteiger partial charge in [-0.05, 0) is 31.8 Å². The van der Waals surface area contributed by atoms with Crippen LogP contribution in [0.25, 0.3) is 0 Å². The predicted octanol–water partition coefficient (Wildman–Crippen LogP) is 2.73. The van der Waals surface area contributed by atoms with Crippen LogP contribution in [0.3, 0.4) is 0 Å².